The normalized spacial score (nSPS) is 16.6. The van der Waals surface area contributed by atoms with E-state index in [0.717, 1.165) is 6.42 Å². The number of rotatable bonds is 7. The summed E-state index contributed by atoms with van der Waals surface area (Å²) in [5.74, 6) is -0.618. The Bertz CT molecular complexity index is 1070. The number of amides is 2. The summed E-state index contributed by atoms with van der Waals surface area (Å²) in [5, 5.41) is 5.60. The molecule has 0 spiro atoms. The Kier molecular flexibility index (Phi) is 6.84. The lowest BCUT2D eigenvalue weighted by Gasteiger charge is -2.34. The van der Waals surface area contributed by atoms with Gasteiger partial charge in [-0.25, -0.2) is 8.42 Å². The fourth-order valence-corrected chi connectivity index (χ4v) is 4.29. The van der Waals surface area contributed by atoms with Crippen LogP contribution in [0.15, 0.2) is 48.5 Å². The molecule has 2 aromatic carbocycles. The Morgan fingerprint density at radius 1 is 1.13 bits per heavy atom. The van der Waals surface area contributed by atoms with Crippen LogP contribution in [-0.2, 0) is 14.8 Å². The van der Waals surface area contributed by atoms with Gasteiger partial charge in [-0.05, 0) is 44.5 Å². The van der Waals surface area contributed by atoms with Crippen molar-refractivity contribution in [1.29, 1.82) is 0 Å². The van der Waals surface area contributed by atoms with Gasteiger partial charge in [0, 0.05) is 6.04 Å². The molecule has 2 N–H and O–H groups in total. The van der Waals surface area contributed by atoms with Crippen LogP contribution in [-0.4, -0.2) is 44.7 Å². The molecule has 1 aliphatic rings. The van der Waals surface area contributed by atoms with E-state index in [1.54, 1.807) is 55.5 Å². The van der Waals surface area contributed by atoms with E-state index in [4.69, 9.17) is 4.74 Å². The number of anilines is 2. The third kappa shape index (κ3) is 4.99. The molecule has 0 unspecified atom stereocenters. The Balaban J connectivity index is 1.84. The standard InChI is InChI=1S/C22H27N3O5S/c1-4-15(3)23-21(26)16-10-6-7-11-17(16)24-22(27)20-14-25(31(28,29)5-2)18-12-8-9-13-19(18)30-20/h6-13,15,20H,4-5,14H2,1-3H3,(H,23,26)(H,24,27)/t15-,20+/m0/s1. The van der Waals surface area contributed by atoms with Gasteiger partial charge >= 0.3 is 0 Å². The number of hydrogen-bond acceptors (Lipinski definition) is 5. The lowest BCUT2D eigenvalue weighted by molar-refractivity contribution is -0.122. The minimum Gasteiger partial charge on any atom is -0.476 e. The van der Waals surface area contributed by atoms with Crippen molar-refractivity contribution >= 4 is 33.2 Å². The largest absolute Gasteiger partial charge is 0.476 e. The van der Waals surface area contributed by atoms with Gasteiger partial charge < -0.3 is 15.4 Å². The number of nitrogens with zero attached hydrogens (tertiary/aromatic N) is 1. The van der Waals surface area contributed by atoms with Crippen LogP contribution in [0.3, 0.4) is 0 Å². The molecule has 2 atom stereocenters. The van der Waals surface area contributed by atoms with Crippen LogP contribution >= 0.6 is 0 Å². The monoisotopic (exact) mass is 445 g/mol. The van der Waals surface area contributed by atoms with E-state index in [1.807, 2.05) is 13.8 Å². The van der Waals surface area contributed by atoms with Crippen LogP contribution < -0.4 is 19.7 Å². The molecule has 2 aromatic rings. The summed E-state index contributed by atoms with van der Waals surface area (Å²) < 4.78 is 32.2. The molecule has 3 rings (SSSR count). The van der Waals surface area contributed by atoms with Gasteiger partial charge in [-0.15, -0.1) is 0 Å². The first-order chi connectivity index (χ1) is 14.8. The molecule has 0 bridgehead atoms. The molecule has 1 heterocycles. The second-order valence-electron chi connectivity index (χ2n) is 7.32. The fourth-order valence-electron chi connectivity index (χ4n) is 3.16. The Morgan fingerprint density at radius 3 is 2.52 bits per heavy atom. The summed E-state index contributed by atoms with van der Waals surface area (Å²) in [5.41, 5.74) is 1.06. The van der Waals surface area contributed by atoms with E-state index in [0.29, 0.717) is 22.7 Å². The molecule has 8 nitrogen and oxygen atoms in total. The van der Waals surface area contributed by atoms with E-state index in [-0.39, 0.29) is 24.2 Å². The highest BCUT2D eigenvalue weighted by molar-refractivity contribution is 7.92. The first-order valence-corrected chi connectivity index (χ1v) is 11.8. The summed E-state index contributed by atoms with van der Waals surface area (Å²) in [6, 6.07) is 13.4. The van der Waals surface area contributed by atoms with Gasteiger partial charge in [0.2, 0.25) is 10.0 Å². The Morgan fingerprint density at radius 2 is 1.81 bits per heavy atom. The third-order valence-electron chi connectivity index (χ3n) is 5.15. The first-order valence-electron chi connectivity index (χ1n) is 10.2. The number of ether oxygens (including phenoxy) is 1. The number of carbonyl (C=O) groups excluding carboxylic acids is 2. The molecule has 0 aliphatic carbocycles. The van der Waals surface area contributed by atoms with Crippen molar-refractivity contribution in [2.45, 2.75) is 39.3 Å². The van der Waals surface area contributed by atoms with Crippen molar-refractivity contribution in [3.8, 4) is 5.75 Å². The van der Waals surface area contributed by atoms with Crippen molar-refractivity contribution in [2.75, 3.05) is 21.9 Å². The van der Waals surface area contributed by atoms with Crippen molar-refractivity contribution in [3.63, 3.8) is 0 Å². The van der Waals surface area contributed by atoms with E-state index in [2.05, 4.69) is 10.6 Å². The summed E-state index contributed by atoms with van der Waals surface area (Å²) in [6.07, 6.45) is -0.293. The summed E-state index contributed by atoms with van der Waals surface area (Å²) in [6.45, 7) is 5.26. The second-order valence-corrected chi connectivity index (χ2v) is 9.51. The molecule has 0 aromatic heterocycles. The quantitative estimate of drug-likeness (QED) is 0.682. The predicted molar refractivity (Wildman–Crippen MR) is 120 cm³/mol. The summed E-state index contributed by atoms with van der Waals surface area (Å²) >= 11 is 0. The second kappa shape index (κ2) is 9.38. The lowest BCUT2D eigenvalue weighted by Crippen LogP contribution is -2.49. The van der Waals surface area contributed by atoms with Gasteiger partial charge in [-0.1, -0.05) is 31.2 Å². The number of hydrogen-bond donors (Lipinski definition) is 2. The van der Waals surface area contributed by atoms with Crippen molar-refractivity contribution in [2.24, 2.45) is 0 Å². The van der Waals surface area contributed by atoms with Crippen LogP contribution in [0.5, 0.6) is 5.75 Å². The molecule has 166 valence electrons. The topological polar surface area (TPSA) is 105 Å². The molecule has 0 radical (unpaired) electrons. The Labute approximate surface area is 182 Å². The van der Waals surface area contributed by atoms with Gasteiger partial charge in [0.25, 0.3) is 11.8 Å². The summed E-state index contributed by atoms with van der Waals surface area (Å²) in [7, 11) is -3.60. The number of nitrogens with one attached hydrogen (secondary N) is 2. The number of carbonyl (C=O) groups is 2. The van der Waals surface area contributed by atoms with Gasteiger partial charge in [-0.3, -0.25) is 13.9 Å². The smallest absolute Gasteiger partial charge is 0.267 e. The van der Waals surface area contributed by atoms with Crippen LogP contribution in [0, 0.1) is 0 Å². The zero-order valence-electron chi connectivity index (χ0n) is 17.8. The van der Waals surface area contributed by atoms with Gasteiger partial charge in [0.1, 0.15) is 5.75 Å². The van der Waals surface area contributed by atoms with Crippen LogP contribution in [0.4, 0.5) is 11.4 Å². The number of benzene rings is 2. The highest BCUT2D eigenvalue weighted by Crippen LogP contribution is 2.35. The van der Waals surface area contributed by atoms with Gasteiger partial charge in [-0.2, -0.15) is 0 Å². The molecule has 0 fully saturated rings. The van der Waals surface area contributed by atoms with E-state index >= 15 is 0 Å². The highest BCUT2D eigenvalue weighted by Gasteiger charge is 2.36. The molecule has 2 amide bonds. The van der Waals surface area contributed by atoms with Crippen molar-refractivity contribution in [3.05, 3.63) is 54.1 Å². The van der Waals surface area contributed by atoms with E-state index in [9.17, 15) is 18.0 Å². The lowest BCUT2D eigenvalue weighted by atomic mass is 10.1. The maximum absolute atomic E-state index is 13.0. The molecule has 9 heteroatoms. The zero-order chi connectivity index (χ0) is 22.6. The summed E-state index contributed by atoms with van der Waals surface area (Å²) in [4.78, 5) is 25.6. The molecule has 1 aliphatic heterocycles. The van der Waals surface area contributed by atoms with Gasteiger partial charge in [0.05, 0.1) is 29.2 Å². The van der Waals surface area contributed by atoms with Crippen LogP contribution in [0.25, 0.3) is 0 Å². The molecular formula is C22H27N3O5S. The molecular weight excluding hydrogens is 418 g/mol. The van der Waals surface area contributed by atoms with Gasteiger partial charge in [0.15, 0.2) is 6.10 Å². The minimum atomic E-state index is -3.60. The first kappa shape index (κ1) is 22.6. The van der Waals surface area contributed by atoms with Crippen molar-refractivity contribution in [1.82, 2.24) is 5.32 Å². The highest BCUT2D eigenvalue weighted by atomic mass is 32.2. The maximum Gasteiger partial charge on any atom is 0.267 e. The average molecular weight is 446 g/mol. The number of sulfonamides is 1. The van der Waals surface area contributed by atoms with Crippen molar-refractivity contribution < 1.29 is 22.7 Å². The number of para-hydroxylation sites is 3. The van der Waals surface area contributed by atoms with Crippen LogP contribution in [0.1, 0.15) is 37.6 Å². The zero-order valence-corrected chi connectivity index (χ0v) is 18.6. The maximum atomic E-state index is 13.0. The minimum absolute atomic E-state index is 0.0118. The Hall–Kier alpha value is -3.07. The van der Waals surface area contributed by atoms with E-state index in [1.165, 1.54) is 4.31 Å². The van der Waals surface area contributed by atoms with Crippen LogP contribution in [0.2, 0.25) is 0 Å². The number of fused-ring (bicyclic) bond motifs is 1. The SMILES string of the molecule is CC[C@H](C)NC(=O)c1ccccc1NC(=O)[C@H]1CN(S(=O)(=O)CC)c2ccccc2O1. The average Bonchev–Trinajstić information content (AvgIpc) is 2.78. The van der Waals surface area contributed by atoms with E-state index < -0.39 is 22.0 Å². The molecule has 31 heavy (non-hydrogen) atoms. The third-order valence-corrected chi connectivity index (χ3v) is 6.89. The molecule has 0 saturated carbocycles. The molecule has 0 saturated heterocycles. The predicted octanol–water partition coefficient (Wildman–Crippen LogP) is 2.77. The fraction of sp³-hybridized carbons (Fsp3) is 0.364.